The first-order chi connectivity index (χ1) is 18.6. The molecule has 4 heteroatoms. The van der Waals surface area contributed by atoms with E-state index in [1.807, 2.05) is 36.7 Å². The van der Waals surface area contributed by atoms with Crippen molar-refractivity contribution in [2.45, 2.75) is 104 Å². The second-order valence-corrected chi connectivity index (χ2v) is 10.6. The number of esters is 1. The Hall–Kier alpha value is -3.01. The van der Waals surface area contributed by atoms with Crippen molar-refractivity contribution >= 4 is 5.97 Å². The van der Waals surface area contributed by atoms with Gasteiger partial charge in [-0.05, 0) is 48.4 Å². The number of hydrogen-bond donors (Lipinski definition) is 0. The third-order valence-electron chi connectivity index (χ3n) is 7.38. The Labute approximate surface area is 230 Å². The number of rotatable bonds is 17. The van der Waals surface area contributed by atoms with Crippen molar-refractivity contribution in [3.63, 3.8) is 0 Å². The molecule has 0 saturated carbocycles. The zero-order valence-electron chi connectivity index (χ0n) is 23.8. The lowest BCUT2D eigenvalue weighted by Gasteiger charge is -2.08. The van der Waals surface area contributed by atoms with Crippen LogP contribution in [0.1, 0.15) is 103 Å². The molecule has 0 saturated heterocycles. The van der Waals surface area contributed by atoms with Crippen LogP contribution in [0.15, 0.2) is 60.9 Å². The van der Waals surface area contributed by atoms with E-state index >= 15 is 0 Å². The summed E-state index contributed by atoms with van der Waals surface area (Å²) in [6.07, 6.45) is 19.0. The van der Waals surface area contributed by atoms with E-state index in [1.165, 1.54) is 63.4 Å². The molecule has 0 aliphatic heterocycles. The number of benzene rings is 2. The second kappa shape index (κ2) is 16.8. The molecule has 2 aromatic carbocycles. The largest absolute Gasteiger partial charge is 0.427 e. The van der Waals surface area contributed by atoms with Gasteiger partial charge in [0.15, 0.2) is 5.82 Å². The van der Waals surface area contributed by atoms with Crippen molar-refractivity contribution < 1.29 is 9.53 Å². The van der Waals surface area contributed by atoms with Gasteiger partial charge in [-0.15, -0.1) is 0 Å². The van der Waals surface area contributed by atoms with Crippen LogP contribution < -0.4 is 4.74 Å². The normalized spacial score (nSPS) is 11.9. The fourth-order valence-corrected chi connectivity index (χ4v) is 4.60. The minimum atomic E-state index is -0.164. The molecule has 1 unspecified atom stereocenters. The van der Waals surface area contributed by atoms with Crippen molar-refractivity contribution in [1.82, 2.24) is 9.97 Å². The Morgan fingerprint density at radius 3 is 2.03 bits per heavy atom. The molecule has 1 aromatic heterocycles. The van der Waals surface area contributed by atoms with Crippen LogP contribution in [0.25, 0.3) is 22.5 Å². The maximum atomic E-state index is 12.1. The summed E-state index contributed by atoms with van der Waals surface area (Å²) >= 11 is 0. The highest BCUT2D eigenvalue weighted by atomic mass is 16.5. The Morgan fingerprint density at radius 1 is 0.737 bits per heavy atom. The Bertz CT molecular complexity index is 1060. The minimum Gasteiger partial charge on any atom is -0.427 e. The molecule has 0 bridgehead atoms. The second-order valence-electron chi connectivity index (χ2n) is 10.6. The van der Waals surface area contributed by atoms with Crippen molar-refractivity contribution in [1.29, 1.82) is 0 Å². The number of nitrogens with zero attached hydrogens (tertiary/aromatic N) is 2. The molecule has 0 amide bonds. The van der Waals surface area contributed by atoms with Crippen LogP contribution in [0.2, 0.25) is 0 Å². The maximum Gasteiger partial charge on any atom is 0.311 e. The van der Waals surface area contributed by atoms with Crippen LogP contribution in [0, 0.1) is 5.92 Å². The smallest absolute Gasteiger partial charge is 0.311 e. The first-order valence-corrected chi connectivity index (χ1v) is 14.8. The summed E-state index contributed by atoms with van der Waals surface area (Å²) in [7, 11) is 0. The highest BCUT2D eigenvalue weighted by Crippen LogP contribution is 2.24. The first kappa shape index (κ1) is 29.5. The summed E-state index contributed by atoms with van der Waals surface area (Å²) in [5, 5.41) is 0. The minimum absolute atomic E-state index is 0.164. The standard InChI is InChI=1S/C34H46N2O2/c1-4-6-7-8-9-10-11-15-28-17-19-30(20-18-28)34-35-25-31(26-36-34)29-21-23-32(24-22-29)38-33(37)16-13-12-14-27(3)5-2/h17-27H,4-16H2,1-3H3. The molecule has 0 radical (unpaired) electrons. The molecule has 1 atom stereocenters. The van der Waals surface area contributed by atoms with Gasteiger partial charge in [0.05, 0.1) is 0 Å². The van der Waals surface area contributed by atoms with Crippen LogP contribution >= 0.6 is 0 Å². The molecule has 0 N–H and O–H groups in total. The lowest BCUT2D eigenvalue weighted by atomic mass is 10.0. The fraction of sp³-hybridized carbons (Fsp3) is 0.500. The Kier molecular flexibility index (Phi) is 13.0. The van der Waals surface area contributed by atoms with E-state index in [0.29, 0.717) is 12.2 Å². The Balaban J connectivity index is 1.44. The summed E-state index contributed by atoms with van der Waals surface area (Å²) in [4.78, 5) is 21.3. The molecular weight excluding hydrogens is 468 g/mol. The number of aryl methyl sites for hydroxylation is 1. The predicted octanol–water partition coefficient (Wildman–Crippen LogP) is 9.62. The van der Waals surface area contributed by atoms with E-state index in [9.17, 15) is 4.79 Å². The lowest BCUT2D eigenvalue weighted by Crippen LogP contribution is -2.07. The molecule has 0 aliphatic carbocycles. The van der Waals surface area contributed by atoms with Crippen LogP contribution in [-0.2, 0) is 11.2 Å². The molecule has 0 aliphatic rings. The van der Waals surface area contributed by atoms with Gasteiger partial charge in [0.25, 0.3) is 0 Å². The third kappa shape index (κ3) is 10.4. The summed E-state index contributed by atoms with van der Waals surface area (Å²) in [5.41, 5.74) is 4.35. The number of carbonyl (C=O) groups excluding carboxylic acids is 1. The quantitative estimate of drug-likeness (QED) is 0.102. The molecule has 0 spiro atoms. The zero-order valence-corrected chi connectivity index (χ0v) is 23.8. The van der Waals surface area contributed by atoms with E-state index in [0.717, 1.165) is 47.7 Å². The van der Waals surface area contributed by atoms with Crippen LogP contribution in [0.4, 0.5) is 0 Å². The van der Waals surface area contributed by atoms with E-state index < -0.39 is 0 Å². The number of hydrogen-bond acceptors (Lipinski definition) is 4. The van der Waals surface area contributed by atoms with Gasteiger partial charge in [-0.1, -0.05) is 115 Å². The summed E-state index contributed by atoms with van der Waals surface area (Å²) in [6.45, 7) is 6.73. The highest BCUT2D eigenvalue weighted by Gasteiger charge is 2.08. The van der Waals surface area contributed by atoms with E-state index in [2.05, 4.69) is 55.0 Å². The van der Waals surface area contributed by atoms with Crippen LogP contribution in [0.5, 0.6) is 5.75 Å². The molecule has 0 fully saturated rings. The van der Waals surface area contributed by atoms with Gasteiger partial charge < -0.3 is 4.74 Å². The summed E-state index contributed by atoms with van der Waals surface area (Å²) < 4.78 is 5.51. The van der Waals surface area contributed by atoms with Crippen LogP contribution in [-0.4, -0.2) is 15.9 Å². The van der Waals surface area contributed by atoms with Crippen LogP contribution in [0.3, 0.4) is 0 Å². The van der Waals surface area contributed by atoms with E-state index in [-0.39, 0.29) is 5.97 Å². The average molecular weight is 515 g/mol. The number of ether oxygens (including phenoxy) is 1. The molecule has 1 heterocycles. The summed E-state index contributed by atoms with van der Waals surface area (Å²) in [6, 6.07) is 16.2. The monoisotopic (exact) mass is 514 g/mol. The molecule has 3 rings (SSSR count). The van der Waals surface area contributed by atoms with Gasteiger partial charge >= 0.3 is 5.97 Å². The predicted molar refractivity (Wildman–Crippen MR) is 158 cm³/mol. The topological polar surface area (TPSA) is 52.1 Å². The average Bonchev–Trinajstić information content (AvgIpc) is 2.95. The van der Waals surface area contributed by atoms with Crippen molar-refractivity contribution in [2.75, 3.05) is 0 Å². The van der Waals surface area contributed by atoms with Crippen molar-refractivity contribution in [2.24, 2.45) is 5.92 Å². The lowest BCUT2D eigenvalue weighted by molar-refractivity contribution is -0.134. The zero-order chi connectivity index (χ0) is 27.0. The number of carbonyl (C=O) groups is 1. The van der Waals surface area contributed by atoms with Gasteiger partial charge in [-0.3, -0.25) is 4.79 Å². The van der Waals surface area contributed by atoms with Gasteiger partial charge in [-0.25, -0.2) is 9.97 Å². The van der Waals surface area contributed by atoms with Crippen molar-refractivity contribution in [3.05, 3.63) is 66.5 Å². The van der Waals surface area contributed by atoms with Gasteiger partial charge in [0.1, 0.15) is 5.75 Å². The van der Waals surface area contributed by atoms with Crippen molar-refractivity contribution in [3.8, 4) is 28.3 Å². The molecule has 38 heavy (non-hydrogen) atoms. The fourth-order valence-electron chi connectivity index (χ4n) is 4.60. The number of unbranched alkanes of at least 4 members (excludes halogenated alkanes) is 7. The SMILES string of the molecule is CCCCCCCCCc1ccc(-c2ncc(-c3ccc(OC(=O)CCCCC(C)CC)cc3)cn2)cc1. The van der Waals surface area contributed by atoms with Gasteiger partial charge in [0, 0.05) is 29.9 Å². The third-order valence-corrected chi connectivity index (χ3v) is 7.38. The molecule has 4 nitrogen and oxygen atoms in total. The molecule has 204 valence electrons. The van der Waals surface area contributed by atoms with Gasteiger partial charge in [-0.2, -0.15) is 0 Å². The summed E-state index contributed by atoms with van der Waals surface area (Å²) in [5.74, 6) is 1.87. The van der Waals surface area contributed by atoms with Gasteiger partial charge in [0.2, 0.25) is 0 Å². The maximum absolute atomic E-state index is 12.1. The van der Waals surface area contributed by atoms with E-state index in [4.69, 9.17) is 4.74 Å². The Morgan fingerprint density at radius 2 is 1.37 bits per heavy atom. The molecular formula is C34H46N2O2. The highest BCUT2D eigenvalue weighted by molar-refractivity contribution is 5.73. The molecule has 3 aromatic rings. The van der Waals surface area contributed by atoms with E-state index in [1.54, 1.807) is 0 Å². The number of aromatic nitrogens is 2. The first-order valence-electron chi connectivity index (χ1n) is 14.8.